The molecule has 0 fully saturated rings. The zero-order chi connectivity index (χ0) is 56.1. The summed E-state index contributed by atoms with van der Waals surface area (Å²) in [6.07, 6.45) is 5.44. The van der Waals surface area contributed by atoms with Crippen LogP contribution in [0.1, 0.15) is 12.5 Å². The lowest BCUT2D eigenvalue weighted by Crippen LogP contribution is -2.13. The van der Waals surface area contributed by atoms with E-state index < -0.39 is 20.0 Å². The molecular weight excluding hydrogens is 1130 g/mol. The van der Waals surface area contributed by atoms with Gasteiger partial charge in [0.2, 0.25) is 5.78 Å². The molecule has 0 spiro atoms. The molecule has 0 aliphatic heterocycles. The average molecular weight is 1160 g/mol. The van der Waals surface area contributed by atoms with Crippen LogP contribution in [0, 0.1) is 30.3 Å². The van der Waals surface area contributed by atoms with Crippen LogP contribution in [0.15, 0.2) is 163 Å². The van der Waals surface area contributed by atoms with Gasteiger partial charge in [0.15, 0.2) is 0 Å². The summed E-state index contributed by atoms with van der Waals surface area (Å²) in [5.74, 6) is 1.60. The average Bonchev–Trinajstić information content (AvgIpc) is 4.25. The van der Waals surface area contributed by atoms with E-state index in [0.29, 0.717) is 44.7 Å². The highest BCUT2D eigenvalue weighted by atomic mass is 36.0. The monoisotopic (exact) mass is 1160 g/mol. The summed E-state index contributed by atoms with van der Waals surface area (Å²) in [4.78, 5) is 56.1. The Morgan fingerprint density at radius 3 is 1.61 bits per heavy atom. The SMILES string of the molecule is CCc1cccc2ccccc12.CN(c1cccc2ccccc12)c1nc2nncn2c2cc([N+](=O)[O-])ccc12.O=P(Cl)(Cl)Cl.O=[N+]([O-])c1ccc2c(Cl)nc3nncn3c2c1.O=c1[nH]c2nncn2c2cc([N+](=O)[O-])ccc12. The Morgan fingerprint density at radius 1 is 0.570 bits per heavy atom. The van der Waals surface area contributed by atoms with Crippen molar-refractivity contribution in [2.24, 2.45) is 0 Å². The number of fused-ring (bicyclic) bond motifs is 11. The van der Waals surface area contributed by atoms with E-state index in [4.69, 9.17) is 11.6 Å². The second-order valence-corrected chi connectivity index (χ2v) is 23.6. The molecule has 13 rings (SSSR count). The second-order valence-electron chi connectivity index (χ2n) is 16.6. The maximum absolute atomic E-state index is 11.7. The van der Waals surface area contributed by atoms with Gasteiger partial charge in [0, 0.05) is 65.3 Å². The molecule has 0 amide bonds. The number of nitro groups is 3. The Balaban J connectivity index is 0.000000129. The molecule has 7 aromatic carbocycles. The lowest BCUT2D eigenvalue weighted by molar-refractivity contribution is -0.384. The van der Waals surface area contributed by atoms with Gasteiger partial charge in [-0.2, -0.15) is 9.97 Å². The lowest BCUT2D eigenvalue weighted by Gasteiger charge is -2.22. The summed E-state index contributed by atoms with van der Waals surface area (Å²) in [5.41, 5.74) is 3.56. The number of rotatable bonds is 6. The van der Waals surface area contributed by atoms with Crippen LogP contribution in [0.3, 0.4) is 0 Å². The van der Waals surface area contributed by atoms with E-state index in [9.17, 15) is 39.7 Å². The Hall–Kier alpha value is -9.32. The van der Waals surface area contributed by atoms with Crippen molar-refractivity contribution in [2.45, 2.75) is 13.3 Å². The highest BCUT2D eigenvalue weighted by molar-refractivity contribution is 8.24. The maximum Gasteiger partial charge on any atom is 0.339 e. The van der Waals surface area contributed by atoms with Gasteiger partial charge in [-0.3, -0.25) is 57.9 Å². The van der Waals surface area contributed by atoms with E-state index >= 15 is 0 Å². The predicted octanol–water partition coefficient (Wildman–Crippen LogP) is 12.6. The van der Waals surface area contributed by atoms with Crippen LogP contribution in [0.25, 0.3) is 71.6 Å². The molecule has 0 saturated carbocycles. The van der Waals surface area contributed by atoms with Gasteiger partial charge in [0.05, 0.1) is 36.7 Å². The van der Waals surface area contributed by atoms with Crippen molar-refractivity contribution < 1.29 is 19.3 Å². The van der Waals surface area contributed by atoms with E-state index in [0.717, 1.165) is 28.3 Å². The number of aromatic nitrogens is 12. The van der Waals surface area contributed by atoms with Crippen molar-refractivity contribution in [2.75, 3.05) is 11.9 Å². The van der Waals surface area contributed by atoms with Gasteiger partial charge in [-0.1, -0.05) is 97.4 Å². The molecule has 0 saturated heterocycles. The molecule has 0 unspecified atom stereocenters. The first-order chi connectivity index (χ1) is 37.9. The first-order valence-electron chi connectivity index (χ1n) is 23.0. The summed E-state index contributed by atoms with van der Waals surface area (Å²) in [7, 11) is 1.93. The van der Waals surface area contributed by atoms with Crippen molar-refractivity contribution in [1.29, 1.82) is 0 Å². The van der Waals surface area contributed by atoms with Crippen LogP contribution in [-0.2, 0) is 11.0 Å². The van der Waals surface area contributed by atoms with Crippen LogP contribution in [-0.4, -0.2) is 80.6 Å². The molecule has 0 bridgehead atoms. The van der Waals surface area contributed by atoms with Crippen LogP contribution in [0.2, 0.25) is 5.15 Å². The van der Waals surface area contributed by atoms with E-state index in [1.807, 2.05) is 36.2 Å². The summed E-state index contributed by atoms with van der Waals surface area (Å²) in [6.45, 7) is 2.20. The molecule has 0 aliphatic rings. The Bertz CT molecular complexity index is 4590. The molecule has 6 heterocycles. The third-order valence-corrected chi connectivity index (χ3v) is 12.3. The van der Waals surface area contributed by atoms with E-state index in [-0.39, 0.29) is 33.6 Å². The minimum atomic E-state index is -3.22. The molecule has 396 valence electrons. The number of aromatic amines is 1. The molecule has 0 atom stereocenters. The minimum absolute atomic E-state index is 0.00691. The standard InChI is InChI=1S/C20H14N6O2.C12H12.C9H4ClN5O2.C9H5N5O3.Cl3OP/c1-24(17-8-4-6-13-5-2-3-7-15(13)17)19-16-10-9-14(26(27)28)11-18(16)25-12-21-23-20(25)22-19;1-2-10-7-5-8-11-6-3-4-9-12(10)11;10-8-6-2-1-5(15(16)17)3-7(6)14-4-11-13-9(14)12-8;15-8-6-2-1-5(14(16)17)3-7(6)13-4-10-12-9(13)11-8;1-5(2,3)4/h2-12H,1H3;3-9H,2H2,1H3;1-4H;1-4H,(H,11,12,15);. The molecule has 1 N–H and O–H groups in total. The van der Waals surface area contributed by atoms with Gasteiger partial charge < -0.3 is 4.90 Å². The first kappa shape index (κ1) is 54.5. The number of nitrogens with one attached hydrogen (secondary N) is 1. The third kappa shape index (κ3) is 12.0. The van der Waals surface area contributed by atoms with Crippen LogP contribution < -0.4 is 10.5 Å². The second kappa shape index (κ2) is 23.1. The Labute approximate surface area is 461 Å². The van der Waals surface area contributed by atoms with Crippen LogP contribution >= 0.6 is 50.5 Å². The van der Waals surface area contributed by atoms with E-state index in [1.54, 1.807) is 20.9 Å². The number of H-pyrrole nitrogens is 1. The fourth-order valence-corrected chi connectivity index (χ4v) is 8.68. The largest absolute Gasteiger partial charge is 0.339 e. The van der Waals surface area contributed by atoms with Gasteiger partial charge in [-0.15, -0.1) is 30.6 Å². The van der Waals surface area contributed by atoms with E-state index in [1.165, 1.54) is 82.2 Å². The normalized spacial score (nSPS) is 11.1. The number of anilines is 2. The number of nitrogens with zero attached hydrogens (tertiary/aromatic N) is 15. The molecule has 13 aromatic rings. The van der Waals surface area contributed by atoms with Crippen molar-refractivity contribution in [3.05, 3.63) is 210 Å². The van der Waals surface area contributed by atoms with Crippen LogP contribution in [0.4, 0.5) is 28.6 Å². The van der Waals surface area contributed by atoms with Crippen molar-refractivity contribution in [1.82, 2.24) is 58.7 Å². The van der Waals surface area contributed by atoms with Gasteiger partial charge in [-0.25, -0.2) is 0 Å². The minimum Gasteiger partial charge on any atom is -0.328 e. The number of hydrogen-bond acceptors (Lipinski definition) is 17. The maximum atomic E-state index is 11.7. The lowest BCUT2D eigenvalue weighted by atomic mass is 10.0. The molecule has 79 heavy (non-hydrogen) atoms. The smallest absolute Gasteiger partial charge is 0.328 e. The summed E-state index contributed by atoms with van der Waals surface area (Å²) in [5, 5.41) is 59.1. The molecular formula is C50H35Cl4N16O8P. The molecule has 0 aliphatic carbocycles. The van der Waals surface area contributed by atoms with E-state index in [2.05, 4.69) is 147 Å². The Morgan fingerprint density at radius 2 is 1.03 bits per heavy atom. The Kier molecular flexibility index (Phi) is 15.9. The fourth-order valence-electron chi connectivity index (χ4n) is 8.44. The summed E-state index contributed by atoms with van der Waals surface area (Å²) < 4.78 is 14.2. The zero-order valence-electron chi connectivity index (χ0n) is 40.7. The summed E-state index contributed by atoms with van der Waals surface area (Å²) >= 11 is 19.8. The number of nitro benzene ring substituents is 3. The number of hydrogen-bond donors (Lipinski definition) is 1. The molecule has 29 heteroatoms. The van der Waals surface area contributed by atoms with Gasteiger partial charge in [0.25, 0.3) is 34.2 Å². The number of non-ortho nitro benzene ring substituents is 3. The quantitative estimate of drug-likeness (QED) is 0.0700. The van der Waals surface area contributed by atoms with Gasteiger partial charge in [0.1, 0.15) is 30.0 Å². The summed E-state index contributed by atoms with van der Waals surface area (Å²) in [6, 6.07) is 42.3. The topological polar surface area (TPSA) is 299 Å². The molecule has 24 nitrogen and oxygen atoms in total. The number of benzene rings is 7. The first-order valence-corrected chi connectivity index (χ1v) is 27.8. The highest BCUT2D eigenvalue weighted by Crippen LogP contribution is 2.61. The van der Waals surface area contributed by atoms with Gasteiger partial charge >= 0.3 is 5.20 Å². The van der Waals surface area contributed by atoms with Gasteiger partial charge in [-0.05, 0) is 86.1 Å². The fraction of sp³-hybridized carbons (Fsp3) is 0.0600. The van der Waals surface area contributed by atoms with Crippen molar-refractivity contribution >= 4 is 151 Å². The highest BCUT2D eigenvalue weighted by Gasteiger charge is 2.19. The molecule has 6 aromatic heterocycles. The third-order valence-electron chi connectivity index (χ3n) is 12.0. The van der Waals surface area contributed by atoms with Crippen molar-refractivity contribution in [3.63, 3.8) is 0 Å². The van der Waals surface area contributed by atoms with Crippen LogP contribution in [0.5, 0.6) is 0 Å². The number of aryl methyl sites for hydroxylation is 1. The van der Waals surface area contributed by atoms with Crippen molar-refractivity contribution in [3.8, 4) is 0 Å². The zero-order valence-corrected chi connectivity index (χ0v) is 44.6. The number of halogens is 4. The molecule has 0 radical (unpaired) electrons. The predicted molar refractivity (Wildman–Crippen MR) is 303 cm³/mol.